The molecular weight excluding hydrogens is 196 g/mol. The van der Waals surface area contributed by atoms with Crippen LogP contribution in [0.3, 0.4) is 0 Å². The van der Waals surface area contributed by atoms with Crippen LogP contribution in [0.25, 0.3) is 0 Å². The molecule has 2 heteroatoms. The Morgan fingerprint density at radius 1 is 1.06 bits per heavy atom. The van der Waals surface area contributed by atoms with Crippen LogP contribution in [0.2, 0.25) is 0 Å². The van der Waals surface area contributed by atoms with Crippen molar-refractivity contribution < 1.29 is 0 Å². The zero-order valence-electron chi connectivity index (χ0n) is 10.4. The normalized spacial score (nSPS) is 21.5. The molecule has 1 heterocycles. The summed E-state index contributed by atoms with van der Waals surface area (Å²) in [6.07, 6.45) is 5.33. The maximum absolute atomic E-state index is 3.63. The lowest BCUT2D eigenvalue weighted by Gasteiger charge is -2.18. The van der Waals surface area contributed by atoms with Gasteiger partial charge in [-0.3, -0.25) is 0 Å². The van der Waals surface area contributed by atoms with E-state index in [1.54, 1.807) is 0 Å². The molecule has 16 heavy (non-hydrogen) atoms. The maximum Gasteiger partial charge on any atom is 0.0361 e. The molecule has 0 aliphatic carbocycles. The van der Waals surface area contributed by atoms with Crippen LogP contribution in [0.1, 0.15) is 37.3 Å². The summed E-state index contributed by atoms with van der Waals surface area (Å²) in [5.74, 6) is 0. The van der Waals surface area contributed by atoms with Crippen molar-refractivity contribution >= 4 is 5.69 Å². The third kappa shape index (κ3) is 2.76. The Balaban J connectivity index is 2.07. The predicted molar refractivity (Wildman–Crippen MR) is 70.0 cm³/mol. The van der Waals surface area contributed by atoms with Crippen molar-refractivity contribution in [1.29, 1.82) is 0 Å². The molecular formula is C14H22N2. The van der Waals surface area contributed by atoms with E-state index in [-0.39, 0.29) is 0 Å². The molecule has 88 valence electrons. The molecule has 1 saturated heterocycles. The van der Waals surface area contributed by atoms with Crippen LogP contribution in [-0.4, -0.2) is 20.6 Å². The van der Waals surface area contributed by atoms with Crippen LogP contribution in [0.15, 0.2) is 24.3 Å². The molecule has 0 spiro atoms. The second-order valence-electron chi connectivity index (χ2n) is 4.84. The highest BCUT2D eigenvalue weighted by Crippen LogP contribution is 2.24. The van der Waals surface area contributed by atoms with Gasteiger partial charge in [0.25, 0.3) is 0 Å². The molecule has 0 bridgehead atoms. The summed E-state index contributed by atoms with van der Waals surface area (Å²) in [5.41, 5.74) is 2.71. The molecule has 1 aliphatic heterocycles. The van der Waals surface area contributed by atoms with E-state index >= 15 is 0 Å². The van der Waals surface area contributed by atoms with E-state index in [1.807, 2.05) is 0 Å². The molecule has 1 aliphatic rings. The molecule has 0 aromatic heterocycles. The summed E-state index contributed by atoms with van der Waals surface area (Å²) in [5, 5.41) is 3.63. The van der Waals surface area contributed by atoms with Crippen LogP contribution in [0, 0.1) is 0 Å². The zero-order chi connectivity index (χ0) is 11.4. The SMILES string of the molecule is CN(C)c1ccc(C2CCCCCN2)cc1. The highest BCUT2D eigenvalue weighted by molar-refractivity contribution is 5.46. The number of rotatable bonds is 2. The number of anilines is 1. The topological polar surface area (TPSA) is 15.3 Å². The van der Waals surface area contributed by atoms with Crippen LogP contribution < -0.4 is 10.2 Å². The fourth-order valence-electron chi connectivity index (χ4n) is 2.32. The lowest BCUT2D eigenvalue weighted by Crippen LogP contribution is -2.20. The molecule has 1 N–H and O–H groups in total. The highest BCUT2D eigenvalue weighted by Gasteiger charge is 2.13. The van der Waals surface area contributed by atoms with Crippen LogP contribution in [-0.2, 0) is 0 Å². The van der Waals surface area contributed by atoms with E-state index in [1.165, 1.54) is 43.5 Å². The zero-order valence-corrected chi connectivity index (χ0v) is 10.4. The first-order valence-corrected chi connectivity index (χ1v) is 6.28. The summed E-state index contributed by atoms with van der Waals surface area (Å²) in [4.78, 5) is 2.14. The molecule has 1 aromatic rings. The predicted octanol–water partition coefficient (Wildman–Crippen LogP) is 2.96. The molecule has 2 rings (SSSR count). The second kappa shape index (κ2) is 5.35. The van der Waals surface area contributed by atoms with Gasteiger partial charge in [-0.25, -0.2) is 0 Å². The van der Waals surface area contributed by atoms with Crippen molar-refractivity contribution in [3.63, 3.8) is 0 Å². The van der Waals surface area contributed by atoms with Gasteiger partial charge in [0.2, 0.25) is 0 Å². The average molecular weight is 218 g/mol. The fraction of sp³-hybridized carbons (Fsp3) is 0.571. The summed E-state index contributed by atoms with van der Waals surface area (Å²) in [7, 11) is 4.16. The Labute approximate surface area is 98.7 Å². The molecule has 0 radical (unpaired) electrons. The standard InChI is InChI=1S/C14H22N2/c1-16(2)13-9-7-12(8-10-13)14-6-4-3-5-11-15-14/h7-10,14-15H,3-6,11H2,1-2H3. The number of hydrogen-bond acceptors (Lipinski definition) is 2. The quantitative estimate of drug-likeness (QED) is 0.821. The lowest BCUT2D eigenvalue weighted by molar-refractivity contribution is 0.535. The number of hydrogen-bond donors (Lipinski definition) is 1. The average Bonchev–Trinajstić information content (AvgIpc) is 2.57. The summed E-state index contributed by atoms with van der Waals surface area (Å²) in [6, 6.07) is 9.51. The van der Waals surface area contributed by atoms with Crippen molar-refractivity contribution in [2.24, 2.45) is 0 Å². The highest BCUT2D eigenvalue weighted by atomic mass is 15.1. The van der Waals surface area contributed by atoms with Gasteiger partial charge in [0.05, 0.1) is 0 Å². The first kappa shape index (κ1) is 11.5. The van der Waals surface area contributed by atoms with Gasteiger partial charge in [0.15, 0.2) is 0 Å². The van der Waals surface area contributed by atoms with Crippen molar-refractivity contribution in [2.45, 2.75) is 31.7 Å². The van der Waals surface area contributed by atoms with Crippen molar-refractivity contribution in [1.82, 2.24) is 5.32 Å². The second-order valence-corrected chi connectivity index (χ2v) is 4.84. The minimum absolute atomic E-state index is 0.568. The smallest absolute Gasteiger partial charge is 0.0361 e. The Hall–Kier alpha value is -1.02. The van der Waals surface area contributed by atoms with E-state index < -0.39 is 0 Å². The molecule has 1 fully saturated rings. The van der Waals surface area contributed by atoms with Crippen molar-refractivity contribution in [2.75, 3.05) is 25.5 Å². The van der Waals surface area contributed by atoms with Gasteiger partial charge in [0, 0.05) is 25.8 Å². The summed E-state index contributed by atoms with van der Waals surface area (Å²) >= 11 is 0. The van der Waals surface area contributed by atoms with E-state index in [4.69, 9.17) is 0 Å². The van der Waals surface area contributed by atoms with E-state index in [9.17, 15) is 0 Å². The summed E-state index contributed by atoms with van der Waals surface area (Å²) in [6.45, 7) is 1.17. The summed E-state index contributed by atoms with van der Waals surface area (Å²) < 4.78 is 0. The number of benzene rings is 1. The number of nitrogens with one attached hydrogen (secondary N) is 1. The van der Waals surface area contributed by atoms with Gasteiger partial charge < -0.3 is 10.2 Å². The van der Waals surface area contributed by atoms with Gasteiger partial charge in [0.1, 0.15) is 0 Å². The van der Waals surface area contributed by atoms with Gasteiger partial charge >= 0.3 is 0 Å². The largest absolute Gasteiger partial charge is 0.378 e. The molecule has 0 saturated carbocycles. The first-order chi connectivity index (χ1) is 7.77. The van der Waals surface area contributed by atoms with Gasteiger partial charge in [-0.15, -0.1) is 0 Å². The molecule has 1 atom stereocenters. The Kier molecular flexibility index (Phi) is 3.83. The van der Waals surface area contributed by atoms with Gasteiger partial charge in [-0.2, -0.15) is 0 Å². The van der Waals surface area contributed by atoms with Crippen molar-refractivity contribution in [3.8, 4) is 0 Å². The minimum atomic E-state index is 0.568. The maximum atomic E-state index is 3.63. The van der Waals surface area contributed by atoms with Crippen molar-refractivity contribution in [3.05, 3.63) is 29.8 Å². The molecule has 1 unspecified atom stereocenters. The first-order valence-electron chi connectivity index (χ1n) is 6.28. The molecule has 2 nitrogen and oxygen atoms in total. The van der Waals surface area contributed by atoms with E-state index in [0.717, 1.165) is 0 Å². The minimum Gasteiger partial charge on any atom is -0.378 e. The van der Waals surface area contributed by atoms with E-state index in [0.29, 0.717) is 6.04 Å². The third-order valence-electron chi connectivity index (χ3n) is 3.37. The lowest BCUT2D eigenvalue weighted by atomic mass is 10.0. The van der Waals surface area contributed by atoms with Gasteiger partial charge in [-0.05, 0) is 37.1 Å². The monoisotopic (exact) mass is 218 g/mol. The fourth-order valence-corrected chi connectivity index (χ4v) is 2.32. The number of nitrogens with zero attached hydrogens (tertiary/aromatic N) is 1. The Bertz CT molecular complexity index is 308. The Morgan fingerprint density at radius 2 is 1.81 bits per heavy atom. The van der Waals surface area contributed by atoms with Crippen LogP contribution in [0.4, 0.5) is 5.69 Å². The van der Waals surface area contributed by atoms with Gasteiger partial charge in [-0.1, -0.05) is 25.0 Å². The van der Waals surface area contributed by atoms with Crippen LogP contribution in [0.5, 0.6) is 0 Å². The molecule has 1 aromatic carbocycles. The third-order valence-corrected chi connectivity index (χ3v) is 3.37. The van der Waals surface area contributed by atoms with Crippen LogP contribution >= 0.6 is 0 Å². The van der Waals surface area contributed by atoms with E-state index in [2.05, 4.69) is 48.6 Å². The molecule has 0 amide bonds. The Morgan fingerprint density at radius 3 is 2.50 bits per heavy atom.